The number of hydrogen-bond acceptors (Lipinski definition) is 8. The molecule has 2 aromatic rings. The Kier molecular flexibility index (Phi) is 8.20. The third-order valence-corrected chi connectivity index (χ3v) is 5.59. The minimum atomic E-state index is -1.17. The summed E-state index contributed by atoms with van der Waals surface area (Å²) in [6.07, 6.45) is 6.35. The average Bonchev–Trinajstić information content (AvgIpc) is 2.79. The molecule has 0 saturated heterocycles. The van der Waals surface area contributed by atoms with Gasteiger partial charge in [-0.15, -0.1) is 0 Å². The first-order valence-electron chi connectivity index (χ1n) is 11.3. The van der Waals surface area contributed by atoms with Crippen molar-refractivity contribution >= 4 is 5.91 Å². The van der Waals surface area contributed by atoms with E-state index in [4.69, 9.17) is 4.74 Å². The Balaban J connectivity index is 1.92. The Bertz CT molecular complexity index is 1040. The second kappa shape index (κ2) is 10.9. The van der Waals surface area contributed by atoms with E-state index in [1.807, 2.05) is 20.9 Å². The summed E-state index contributed by atoms with van der Waals surface area (Å²) in [7, 11) is 1.99. The van der Waals surface area contributed by atoms with Crippen molar-refractivity contribution in [2.75, 3.05) is 26.7 Å². The van der Waals surface area contributed by atoms with Gasteiger partial charge in [-0.3, -0.25) is 9.69 Å². The third-order valence-electron chi connectivity index (χ3n) is 5.59. The van der Waals surface area contributed by atoms with Gasteiger partial charge in [-0.25, -0.2) is 15.0 Å². The van der Waals surface area contributed by atoms with Crippen molar-refractivity contribution in [2.24, 2.45) is 5.92 Å². The largest absolute Gasteiger partial charge is 0.472 e. The first-order chi connectivity index (χ1) is 16.1. The smallest absolute Gasteiger partial charge is 0.259 e. The molecule has 0 aliphatic carbocycles. The molecular weight excluding hydrogens is 434 g/mol. The fourth-order valence-corrected chi connectivity index (χ4v) is 3.71. The number of amides is 1. The summed E-state index contributed by atoms with van der Waals surface area (Å²) in [6, 6.07) is 1.27. The molecule has 3 heterocycles. The zero-order valence-corrected chi connectivity index (χ0v) is 20.4. The molecule has 182 valence electrons. The molecule has 0 bridgehead atoms. The van der Waals surface area contributed by atoms with Gasteiger partial charge in [0, 0.05) is 55.3 Å². The van der Waals surface area contributed by atoms with E-state index in [-0.39, 0.29) is 36.5 Å². The Morgan fingerprint density at radius 3 is 2.68 bits per heavy atom. The van der Waals surface area contributed by atoms with Gasteiger partial charge in [0.05, 0.1) is 12.6 Å². The molecular formula is C25H33N5O4. The van der Waals surface area contributed by atoms with Gasteiger partial charge in [-0.2, -0.15) is 0 Å². The Morgan fingerprint density at radius 1 is 1.32 bits per heavy atom. The molecule has 34 heavy (non-hydrogen) atoms. The molecule has 0 radical (unpaired) electrons. The highest BCUT2D eigenvalue weighted by Gasteiger charge is 2.34. The third kappa shape index (κ3) is 6.73. The van der Waals surface area contributed by atoms with E-state index in [0.29, 0.717) is 30.8 Å². The van der Waals surface area contributed by atoms with Crippen LogP contribution in [0.2, 0.25) is 0 Å². The second-order valence-electron chi connectivity index (χ2n) is 9.45. The quantitative estimate of drug-likeness (QED) is 0.613. The lowest BCUT2D eigenvalue weighted by atomic mass is 9.99. The van der Waals surface area contributed by atoms with Gasteiger partial charge in [0.15, 0.2) is 0 Å². The predicted octanol–water partition coefficient (Wildman–Crippen LogP) is 1.35. The van der Waals surface area contributed by atoms with Crippen LogP contribution < -0.4 is 4.74 Å². The van der Waals surface area contributed by atoms with E-state index >= 15 is 0 Å². The number of carbonyl (C=O) groups excluding carboxylic acids is 1. The number of aliphatic hydroxyl groups excluding tert-OH is 1. The molecule has 1 aliphatic heterocycles. The zero-order valence-electron chi connectivity index (χ0n) is 20.4. The lowest BCUT2D eigenvalue weighted by molar-refractivity contribution is 0.0325. The average molecular weight is 468 g/mol. The molecule has 3 atom stereocenters. The zero-order chi connectivity index (χ0) is 24.9. The van der Waals surface area contributed by atoms with Crippen LogP contribution in [0.5, 0.6) is 5.88 Å². The molecule has 1 amide bonds. The lowest BCUT2D eigenvalue weighted by Crippen LogP contribution is -2.49. The number of hydrogen-bond donors (Lipinski definition) is 2. The van der Waals surface area contributed by atoms with Crippen molar-refractivity contribution < 1.29 is 19.7 Å². The molecule has 0 aromatic carbocycles. The van der Waals surface area contributed by atoms with Crippen molar-refractivity contribution in [1.29, 1.82) is 0 Å². The summed E-state index contributed by atoms with van der Waals surface area (Å²) in [4.78, 5) is 29.8. The Morgan fingerprint density at radius 2 is 2.03 bits per heavy atom. The monoisotopic (exact) mass is 467 g/mol. The van der Waals surface area contributed by atoms with E-state index in [1.165, 1.54) is 6.33 Å². The number of pyridine rings is 1. The van der Waals surface area contributed by atoms with Gasteiger partial charge >= 0.3 is 0 Å². The Hall–Kier alpha value is -3.06. The number of nitrogens with zero attached hydrogens (tertiary/aromatic N) is 5. The number of likely N-dealkylation sites (N-methyl/N-ethyl adjacent to an activating group) is 1. The molecule has 0 fully saturated rings. The molecule has 3 rings (SSSR count). The van der Waals surface area contributed by atoms with E-state index in [2.05, 4.69) is 31.7 Å². The van der Waals surface area contributed by atoms with E-state index in [1.54, 1.807) is 43.4 Å². The summed E-state index contributed by atoms with van der Waals surface area (Å²) in [5.74, 6) is 5.57. The number of rotatable bonds is 6. The van der Waals surface area contributed by atoms with Gasteiger partial charge in [-0.1, -0.05) is 18.8 Å². The van der Waals surface area contributed by atoms with Crippen LogP contribution >= 0.6 is 0 Å². The van der Waals surface area contributed by atoms with E-state index in [9.17, 15) is 15.0 Å². The fourth-order valence-electron chi connectivity index (χ4n) is 3.71. The Labute approximate surface area is 200 Å². The normalized spacial score (nSPS) is 19.4. The van der Waals surface area contributed by atoms with Gasteiger partial charge in [0.1, 0.15) is 23.6 Å². The van der Waals surface area contributed by atoms with Crippen LogP contribution in [-0.2, 0) is 6.54 Å². The number of carbonyl (C=O) groups is 1. The first kappa shape index (κ1) is 25.6. The highest BCUT2D eigenvalue weighted by molar-refractivity contribution is 5.97. The van der Waals surface area contributed by atoms with Crippen LogP contribution in [0.1, 0.15) is 49.2 Å². The molecule has 0 saturated carbocycles. The molecule has 0 unspecified atom stereocenters. The highest BCUT2D eigenvalue weighted by atomic mass is 16.5. The second-order valence-corrected chi connectivity index (χ2v) is 9.45. The summed E-state index contributed by atoms with van der Waals surface area (Å²) in [5.41, 5.74) is 0.610. The van der Waals surface area contributed by atoms with Crippen LogP contribution in [0, 0.1) is 17.8 Å². The predicted molar refractivity (Wildman–Crippen MR) is 127 cm³/mol. The topological polar surface area (TPSA) is 112 Å². The van der Waals surface area contributed by atoms with Gasteiger partial charge in [0.2, 0.25) is 5.88 Å². The SMILES string of the molecule is C[C@H]1CN([C@@H](C)CO)C(=O)c2cc(C#CC(C)(C)O)cnc2O[C@H]1CN(C)Cc1cncnc1. The molecule has 1 aliphatic rings. The molecule has 9 heteroatoms. The summed E-state index contributed by atoms with van der Waals surface area (Å²) in [5, 5.41) is 19.7. The number of aromatic nitrogens is 3. The summed E-state index contributed by atoms with van der Waals surface area (Å²) in [6.45, 7) is 8.53. The molecule has 0 spiro atoms. The van der Waals surface area contributed by atoms with Gasteiger partial charge < -0.3 is 19.8 Å². The molecule has 2 N–H and O–H groups in total. The van der Waals surface area contributed by atoms with Crippen LogP contribution in [0.15, 0.2) is 31.0 Å². The van der Waals surface area contributed by atoms with E-state index in [0.717, 1.165) is 5.56 Å². The van der Waals surface area contributed by atoms with Gasteiger partial charge in [0.25, 0.3) is 5.91 Å². The van der Waals surface area contributed by atoms with Crippen LogP contribution in [-0.4, -0.2) is 85.4 Å². The number of ether oxygens (including phenoxy) is 1. The van der Waals surface area contributed by atoms with Crippen LogP contribution in [0.3, 0.4) is 0 Å². The minimum absolute atomic E-state index is 0.0166. The van der Waals surface area contributed by atoms with Crippen LogP contribution in [0.25, 0.3) is 0 Å². The first-order valence-corrected chi connectivity index (χ1v) is 11.3. The maximum atomic E-state index is 13.4. The minimum Gasteiger partial charge on any atom is -0.472 e. The van der Waals surface area contributed by atoms with Crippen LogP contribution in [0.4, 0.5) is 0 Å². The number of fused-ring (bicyclic) bond motifs is 1. The summed E-state index contributed by atoms with van der Waals surface area (Å²) < 4.78 is 6.30. The standard InChI is InChI=1S/C25H33N5O4/c1-17-12-30(18(2)15-31)24(32)21-8-19(6-7-25(3,4)33)11-28-23(21)34-22(17)14-29(5)13-20-9-26-16-27-10-20/h8-11,16-18,22,31,33H,12-15H2,1-5H3/t17-,18-,22-/m0/s1. The van der Waals surface area contributed by atoms with Crippen molar-refractivity contribution in [3.63, 3.8) is 0 Å². The summed E-state index contributed by atoms with van der Waals surface area (Å²) >= 11 is 0. The highest BCUT2D eigenvalue weighted by Crippen LogP contribution is 2.27. The van der Waals surface area contributed by atoms with Crippen molar-refractivity contribution in [1.82, 2.24) is 24.8 Å². The van der Waals surface area contributed by atoms with Crippen molar-refractivity contribution in [3.05, 3.63) is 47.7 Å². The maximum absolute atomic E-state index is 13.4. The van der Waals surface area contributed by atoms with Crippen molar-refractivity contribution in [3.8, 4) is 17.7 Å². The van der Waals surface area contributed by atoms with E-state index < -0.39 is 5.60 Å². The lowest BCUT2D eigenvalue weighted by Gasteiger charge is -2.37. The fraction of sp³-hybridized carbons (Fsp3) is 0.520. The molecule has 9 nitrogen and oxygen atoms in total. The molecule has 2 aromatic heterocycles. The number of aliphatic hydroxyl groups is 2. The van der Waals surface area contributed by atoms with Crippen molar-refractivity contribution in [2.45, 2.75) is 52.0 Å². The maximum Gasteiger partial charge on any atom is 0.259 e. The van der Waals surface area contributed by atoms with Gasteiger partial charge in [-0.05, 0) is 33.9 Å².